The van der Waals surface area contributed by atoms with Crippen molar-refractivity contribution in [3.8, 4) is 16.2 Å². The van der Waals surface area contributed by atoms with Gasteiger partial charge in [-0.15, -0.1) is 11.3 Å². The number of carbonyl (C=O) groups excluding carboxylic acids is 1. The first-order chi connectivity index (χ1) is 14.2. The molecule has 1 amide bonds. The molecule has 1 aliphatic heterocycles. The molecular weight excluding hydrogens is 382 g/mol. The Bertz CT molecular complexity index is 914. The summed E-state index contributed by atoms with van der Waals surface area (Å²) in [6.45, 7) is 1.73. The number of hydrogen-bond donors (Lipinski definition) is 1. The van der Waals surface area contributed by atoms with Crippen LogP contribution in [0.15, 0.2) is 30.3 Å². The van der Waals surface area contributed by atoms with E-state index < -0.39 is 0 Å². The van der Waals surface area contributed by atoms with E-state index in [9.17, 15) is 4.79 Å². The van der Waals surface area contributed by atoms with E-state index >= 15 is 0 Å². The third kappa shape index (κ3) is 3.19. The van der Waals surface area contributed by atoms with Crippen molar-refractivity contribution >= 4 is 17.2 Å². The molecule has 0 spiro atoms. The van der Waals surface area contributed by atoms with E-state index in [1.54, 1.807) is 11.3 Å². The molecule has 2 aromatic rings. The Labute approximate surface area is 175 Å². The zero-order chi connectivity index (χ0) is 19.4. The number of thiophene rings is 1. The fourth-order valence-corrected chi connectivity index (χ4v) is 7.65. The molecule has 152 valence electrons. The van der Waals surface area contributed by atoms with Crippen LogP contribution in [0.2, 0.25) is 0 Å². The maximum Gasteiger partial charge on any atom is 0.261 e. The zero-order valence-electron chi connectivity index (χ0n) is 16.6. The first-order valence-corrected chi connectivity index (χ1v) is 11.8. The highest BCUT2D eigenvalue weighted by Gasteiger charge is 2.51. The number of ether oxygens (including phenoxy) is 2. The molecule has 5 heteroatoms. The quantitative estimate of drug-likeness (QED) is 0.705. The number of fused-ring (bicyclic) bond motifs is 3. The van der Waals surface area contributed by atoms with Crippen LogP contribution < -0.4 is 10.1 Å². The van der Waals surface area contributed by atoms with Crippen LogP contribution in [0.25, 0.3) is 10.4 Å². The monoisotopic (exact) mass is 409 g/mol. The van der Waals surface area contributed by atoms with Crippen molar-refractivity contribution < 1.29 is 14.3 Å². The van der Waals surface area contributed by atoms with E-state index in [-0.39, 0.29) is 11.5 Å². The smallest absolute Gasteiger partial charge is 0.261 e. The van der Waals surface area contributed by atoms with Crippen LogP contribution in [0, 0.1) is 17.8 Å². The average molecular weight is 410 g/mol. The second-order valence-electron chi connectivity index (χ2n) is 9.45. The van der Waals surface area contributed by atoms with Crippen LogP contribution in [0.1, 0.15) is 53.8 Å². The van der Waals surface area contributed by atoms with Crippen LogP contribution in [-0.4, -0.2) is 24.7 Å². The van der Waals surface area contributed by atoms with E-state index in [2.05, 4.69) is 11.4 Å². The van der Waals surface area contributed by atoms with Crippen molar-refractivity contribution in [3.63, 3.8) is 0 Å². The molecule has 4 nitrogen and oxygen atoms in total. The number of carbonyl (C=O) groups is 1. The van der Waals surface area contributed by atoms with Crippen LogP contribution >= 0.6 is 11.3 Å². The molecule has 4 bridgehead atoms. The molecule has 2 heterocycles. The number of benzene rings is 1. The van der Waals surface area contributed by atoms with Gasteiger partial charge in [0.15, 0.2) is 0 Å². The van der Waals surface area contributed by atoms with Gasteiger partial charge in [-0.25, -0.2) is 0 Å². The van der Waals surface area contributed by atoms with E-state index in [1.807, 2.05) is 24.3 Å². The van der Waals surface area contributed by atoms with Crippen molar-refractivity contribution in [2.24, 2.45) is 17.8 Å². The number of amides is 1. The molecule has 0 radical (unpaired) electrons. The molecule has 1 aromatic carbocycles. The van der Waals surface area contributed by atoms with Gasteiger partial charge in [-0.3, -0.25) is 4.79 Å². The van der Waals surface area contributed by atoms with Gasteiger partial charge < -0.3 is 14.8 Å². The van der Waals surface area contributed by atoms with Gasteiger partial charge in [0, 0.05) is 22.5 Å². The number of para-hydroxylation sites is 1. The Kier molecular flexibility index (Phi) is 4.24. The predicted molar refractivity (Wildman–Crippen MR) is 113 cm³/mol. The Morgan fingerprint density at radius 1 is 1.14 bits per heavy atom. The molecule has 0 atom stereocenters. The minimum Gasteiger partial charge on any atom is -0.488 e. The Morgan fingerprint density at radius 3 is 2.62 bits per heavy atom. The lowest BCUT2D eigenvalue weighted by molar-refractivity contribution is -0.160. The average Bonchev–Trinajstić information content (AvgIpc) is 3.15. The first-order valence-electron chi connectivity index (χ1n) is 10.9. The summed E-state index contributed by atoms with van der Waals surface area (Å²) < 4.78 is 12.2. The van der Waals surface area contributed by atoms with Crippen LogP contribution in [-0.2, 0) is 11.3 Å². The van der Waals surface area contributed by atoms with Gasteiger partial charge in [0.2, 0.25) is 0 Å². The van der Waals surface area contributed by atoms with Crippen molar-refractivity contribution in [2.75, 3.05) is 13.2 Å². The number of nitrogens with one attached hydrogen (secondary N) is 1. The summed E-state index contributed by atoms with van der Waals surface area (Å²) >= 11 is 1.56. The van der Waals surface area contributed by atoms with Crippen LogP contribution in [0.4, 0.5) is 0 Å². The molecule has 4 fully saturated rings. The fourth-order valence-electron chi connectivity index (χ4n) is 6.54. The van der Waals surface area contributed by atoms with Gasteiger partial charge in [0.25, 0.3) is 5.91 Å². The van der Waals surface area contributed by atoms with Gasteiger partial charge in [-0.2, -0.15) is 0 Å². The summed E-state index contributed by atoms with van der Waals surface area (Å²) in [5.74, 6) is 3.56. The highest BCUT2D eigenvalue weighted by molar-refractivity contribution is 7.17. The molecule has 5 aliphatic rings. The highest BCUT2D eigenvalue weighted by Crippen LogP contribution is 2.57. The molecular formula is C24H27NO3S. The van der Waals surface area contributed by atoms with E-state index in [4.69, 9.17) is 9.47 Å². The van der Waals surface area contributed by atoms with Crippen LogP contribution in [0.3, 0.4) is 0 Å². The molecule has 29 heavy (non-hydrogen) atoms. The van der Waals surface area contributed by atoms with Crippen molar-refractivity contribution in [1.82, 2.24) is 5.32 Å². The van der Waals surface area contributed by atoms with Crippen molar-refractivity contribution in [2.45, 2.75) is 50.7 Å². The second kappa shape index (κ2) is 6.85. The standard InChI is InChI=1S/C24H27NO3S/c26-23(21-10-18-14-27-20-4-2-1-3-19(20)22(18)29-21)25-5-6-28-24-11-15-7-16(12-24)9-17(8-15)13-24/h1-4,10,15-17H,5-9,11-14H2,(H,25,26). The maximum atomic E-state index is 12.7. The molecule has 0 saturated heterocycles. The predicted octanol–water partition coefficient (Wildman–Crippen LogP) is 5.02. The summed E-state index contributed by atoms with van der Waals surface area (Å²) in [6.07, 6.45) is 8.00. The topological polar surface area (TPSA) is 47.6 Å². The van der Waals surface area contributed by atoms with Crippen LogP contribution in [0.5, 0.6) is 5.75 Å². The Hall–Kier alpha value is -1.85. The molecule has 1 N–H and O–H groups in total. The van der Waals surface area contributed by atoms with E-state index in [0.717, 1.165) is 44.4 Å². The molecule has 1 aromatic heterocycles. The Morgan fingerprint density at radius 2 is 1.86 bits per heavy atom. The van der Waals surface area contributed by atoms with Gasteiger partial charge in [-0.1, -0.05) is 12.1 Å². The summed E-state index contributed by atoms with van der Waals surface area (Å²) in [6, 6.07) is 10.0. The lowest BCUT2D eigenvalue weighted by Crippen LogP contribution is -2.52. The maximum absolute atomic E-state index is 12.7. The van der Waals surface area contributed by atoms with Crippen molar-refractivity contribution in [3.05, 3.63) is 40.8 Å². The minimum atomic E-state index is -0.00371. The molecule has 4 aliphatic carbocycles. The Balaban J connectivity index is 1.07. The van der Waals surface area contributed by atoms with E-state index in [1.165, 1.54) is 38.5 Å². The summed E-state index contributed by atoms with van der Waals surface area (Å²) in [7, 11) is 0. The largest absolute Gasteiger partial charge is 0.488 e. The highest BCUT2D eigenvalue weighted by atomic mass is 32.1. The first kappa shape index (κ1) is 18.0. The minimum absolute atomic E-state index is 0.00371. The fraction of sp³-hybridized carbons (Fsp3) is 0.542. The summed E-state index contributed by atoms with van der Waals surface area (Å²) in [5, 5.41) is 3.07. The SMILES string of the molecule is O=C(NCCOC12CC3CC(CC(C3)C1)C2)c1cc2c(s1)-c1ccccc1OC2. The second-order valence-corrected chi connectivity index (χ2v) is 10.5. The van der Waals surface area contributed by atoms with Gasteiger partial charge in [0.05, 0.1) is 17.1 Å². The normalized spacial score (nSPS) is 31.1. The van der Waals surface area contributed by atoms with Gasteiger partial charge in [-0.05, 0) is 74.5 Å². The molecule has 0 unspecified atom stereocenters. The van der Waals surface area contributed by atoms with E-state index in [0.29, 0.717) is 19.8 Å². The van der Waals surface area contributed by atoms with Gasteiger partial charge >= 0.3 is 0 Å². The van der Waals surface area contributed by atoms with Gasteiger partial charge in [0.1, 0.15) is 12.4 Å². The number of hydrogen-bond acceptors (Lipinski definition) is 4. The van der Waals surface area contributed by atoms with Crippen molar-refractivity contribution in [1.29, 1.82) is 0 Å². The summed E-state index contributed by atoms with van der Waals surface area (Å²) in [4.78, 5) is 14.6. The zero-order valence-corrected chi connectivity index (χ0v) is 17.4. The molecule has 4 saturated carbocycles. The summed E-state index contributed by atoms with van der Waals surface area (Å²) in [5.41, 5.74) is 2.30. The molecule has 7 rings (SSSR count). The third-order valence-corrected chi connectivity index (χ3v) is 8.53. The number of rotatable bonds is 5. The lowest BCUT2D eigenvalue weighted by atomic mass is 9.54. The third-order valence-electron chi connectivity index (χ3n) is 7.33. The lowest BCUT2D eigenvalue weighted by Gasteiger charge is -2.56.